The molecule has 0 saturated heterocycles. The number of carbonyl (C=O) groups excluding carboxylic acids is 1. The molecular formula is C27H32N4O2. The first-order valence-electron chi connectivity index (χ1n) is 12.5. The van der Waals surface area contributed by atoms with E-state index in [0.717, 1.165) is 31.8 Å². The maximum atomic E-state index is 12.6. The van der Waals surface area contributed by atoms with Gasteiger partial charge in [-0.2, -0.15) is 5.10 Å². The lowest BCUT2D eigenvalue weighted by Crippen LogP contribution is -2.44. The third-order valence-corrected chi connectivity index (χ3v) is 7.86. The Morgan fingerprint density at radius 1 is 1.12 bits per heavy atom. The van der Waals surface area contributed by atoms with Gasteiger partial charge in [0.1, 0.15) is 5.76 Å². The van der Waals surface area contributed by atoms with Crippen molar-refractivity contribution in [1.29, 1.82) is 0 Å². The van der Waals surface area contributed by atoms with Crippen LogP contribution in [0.25, 0.3) is 10.9 Å². The van der Waals surface area contributed by atoms with E-state index in [1.165, 1.54) is 72.5 Å². The predicted molar refractivity (Wildman–Crippen MR) is 129 cm³/mol. The second kappa shape index (κ2) is 8.82. The van der Waals surface area contributed by atoms with Crippen LogP contribution in [0.4, 0.5) is 0 Å². The molecular weight excluding hydrogens is 412 g/mol. The fraction of sp³-hybridized carbons (Fsp3) is 0.481. The molecule has 33 heavy (non-hydrogen) atoms. The minimum atomic E-state index is -0.0749. The van der Waals surface area contributed by atoms with Gasteiger partial charge in [-0.05, 0) is 73.4 Å². The quantitative estimate of drug-likeness (QED) is 0.439. The van der Waals surface area contributed by atoms with Gasteiger partial charge in [-0.1, -0.05) is 25.3 Å². The van der Waals surface area contributed by atoms with Crippen molar-refractivity contribution in [3.8, 4) is 0 Å². The fourth-order valence-electron chi connectivity index (χ4n) is 6.33. The van der Waals surface area contributed by atoms with E-state index >= 15 is 0 Å². The Labute approximate surface area is 194 Å². The zero-order valence-corrected chi connectivity index (χ0v) is 19.1. The second-order valence-electron chi connectivity index (χ2n) is 9.81. The van der Waals surface area contributed by atoms with Crippen LogP contribution in [0.1, 0.15) is 79.5 Å². The summed E-state index contributed by atoms with van der Waals surface area (Å²) in [7, 11) is 0. The number of benzene rings is 1. The van der Waals surface area contributed by atoms with Crippen LogP contribution in [0.2, 0.25) is 0 Å². The molecule has 2 aromatic heterocycles. The molecule has 0 bridgehead atoms. The van der Waals surface area contributed by atoms with Gasteiger partial charge in [-0.15, -0.1) is 0 Å². The number of amides is 1. The average Bonchev–Trinajstić information content (AvgIpc) is 3.48. The number of hydrogen-bond acceptors (Lipinski definition) is 4. The highest BCUT2D eigenvalue weighted by atomic mass is 16.3. The first-order chi connectivity index (χ1) is 16.3. The van der Waals surface area contributed by atoms with Crippen molar-refractivity contribution >= 4 is 23.0 Å². The molecule has 3 aromatic rings. The minimum absolute atomic E-state index is 0.0749. The van der Waals surface area contributed by atoms with Crippen molar-refractivity contribution in [1.82, 2.24) is 14.9 Å². The molecule has 2 aliphatic carbocycles. The van der Waals surface area contributed by atoms with Crippen molar-refractivity contribution < 1.29 is 9.21 Å². The molecule has 3 aliphatic rings. The Balaban J connectivity index is 1.23. The largest absolute Gasteiger partial charge is 0.463 e. The monoisotopic (exact) mass is 444 g/mol. The fourth-order valence-corrected chi connectivity index (χ4v) is 6.33. The summed E-state index contributed by atoms with van der Waals surface area (Å²) in [5.74, 6) is 1.28. The Morgan fingerprint density at radius 3 is 2.88 bits per heavy atom. The number of aromatic nitrogens is 1. The maximum Gasteiger partial charge on any atom is 0.254 e. The molecule has 0 unspecified atom stereocenters. The van der Waals surface area contributed by atoms with Crippen molar-refractivity contribution in [2.45, 2.75) is 69.9 Å². The number of carbonyl (C=O) groups is 1. The van der Waals surface area contributed by atoms with E-state index in [1.54, 1.807) is 12.3 Å². The van der Waals surface area contributed by atoms with E-state index in [0.29, 0.717) is 18.3 Å². The number of aryl methyl sites for hydroxylation is 1. The molecule has 0 spiro atoms. The molecule has 1 aliphatic heterocycles. The number of nitrogens with one attached hydrogen (secondary N) is 1. The smallest absolute Gasteiger partial charge is 0.254 e. The standard InChI is InChI=1S/C27H32N4O2/c32-26(29-28-17-21-8-5-15-33-21)18-30-13-14-31-24-12-11-20(19-6-2-1-3-7-19)16-23(24)22-9-4-10-25(30)27(22)31/h5,8,11-12,15-17,19,25H,1-4,6-7,9-10,13-14,18H2,(H,29,32)/b28-17-/t25-/m0/s1. The Kier molecular flexibility index (Phi) is 5.54. The molecule has 1 N–H and O–H groups in total. The summed E-state index contributed by atoms with van der Waals surface area (Å²) >= 11 is 0. The number of fused-ring (bicyclic) bond motifs is 3. The zero-order chi connectivity index (χ0) is 22.2. The van der Waals surface area contributed by atoms with Gasteiger partial charge in [0.2, 0.25) is 0 Å². The van der Waals surface area contributed by atoms with Gasteiger partial charge in [0.15, 0.2) is 0 Å². The van der Waals surface area contributed by atoms with Gasteiger partial charge in [-0.25, -0.2) is 5.43 Å². The number of nitrogens with zero attached hydrogens (tertiary/aromatic N) is 3. The average molecular weight is 445 g/mol. The highest BCUT2D eigenvalue weighted by Gasteiger charge is 2.35. The van der Waals surface area contributed by atoms with Gasteiger partial charge in [-0.3, -0.25) is 9.69 Å². The lowest BCUT2D eigenvalue weighted by molar-refractivity contribution is -0.123. The Morgan fingerprint density at radius 2 is 2.03 bits per heavy atom. The van der Waals surface area contributed by atoms with E-state index in [2.05, 4.69) is 38.2 Å². The molecule has 172 valence electrons. The molecule has 6 rings (SSSR count). The predicted octanol–water partition coefficient (Wildman–Crippen LogP) is 5.13. The molecule has 1 atom stereocenters. The highest BCUT2D eigenvalue weighted by molar-refractivity contribution is 5.87. The van der Waals surface area contributed by atoms with Crippen molar-refractivity contribution in [2.75, 3.05) is 13.1 Å². The van der Waals surface area contributed by atoms with Crippen LogP contribution >= 0.6 is 0 Å². The van der Waals surface area contributed by atoms with Gasteiger partial charge in [0.05, 0.1) is 25.1 Å². The molecule has 1 saturated carbocycles. The van der Waals surface area contributed by atoms with Crippen LogP contribution in [0, 0.1) is 0 Å². The molecule has 1 amide bonds. The maximum absolute atomic E-state index is 12.6. The first kappa shape index (κ1) is 20.7. The zero-order valence-electron chi connectivity index (χ0n) is 19.1. The third kappa shape index (κ3) is 3.90. The van der Waals surface area contributed by atoms with Gasteiger partial charge in [0.25, 0.3) is 5.91 Å². The Bertz CT molecular complexity index is 1170. The van der Waals surface area contributed by atoms with Gasteiger partial charge in [0, 0.05) is 29.7 Å². The number of hydrogen-bond donors (Lipinski definition) is 1. The minimum Gasteiger partial charge on any atom is -0.463 e. The van der Waals surface area contributed by atoms with Crippen LogP contribution in [-0.2, 0) is 17.8 Å². The molecule has 1 fully saturated rings. The molecule has 3 heterocycles. The van der Waals surface area contributed by atoms with E-state index in [9.17, 15) is 4.79 Å². The normalized spacial score (nSPS) is 21.5. The highest BCUT2D eigenvalue weighted by Crippen LogP contribution is 2.43. The van der Waals surface area contributed by atoms with Gasteiger partial charge < -0.3 is 8.98 Å². The number of rotatable bonds is 5. The summed E-state index contributed by atoms with van der Waals surface area (Å²) in [6.07, 6.45) is 13.4. The summed E-state index contributed by atoms with van der Waals surface area (Å²) in [6.45, 7) is 2.20. The first-order valence-corrected chi connectivity index (χ1v) is 12.5. The van der Waals surface area contributed by atoms with Crippen LogP contribution < -0.4 is 5.43 Å². The van der Waals surface area contributed by atoms with Crippen molar-refractivity contribution in [3.63, 3.8) is 0 Å². The SMILES string of the molecule is O=C(CN1CCn2c3c(c4cc(C5CCCCC5)ccc42)CCC[C@@H]31)N/N=C\c1ccco1. The summed E-state index contributed by atoms with van der Waals surface area (Å²) in [4.78, 5) is 14.9. The van der Waals surface area contributed by atoms with Crippen LogP contribution in [0.3, 0.4) is 0 Å². The number of hydrazone groups is 1. The van der Waals surface area contributed by atoms with Crippen molar-refractivity contribution in [2.24, 2.45) is 5.10 Å². The topological polar surface area (TPSA) is 62.8 Å². The lowest BCUT2D eigenvalue weighted by Gasteiger charge is -2.39. The summed E-state index contributed by atoms with van der Waals surface area (Å²) < 4.78 is 7.77. The van der Waals surface area contributed by atoms with Crippen molar-refractivity contribution in [3.05, 3.63) is 59.2 Å². The second-order valence-corrected chi connectivity index (χ2v) is 9.81. The van der Waals surface area contributed by atoms with E-state index in [-0.39, 0.29) is 5.91 Å². The van der Waals surface area contributed by atoms with E-state index < -0.39 is 0 Å². The summed E-state index contributed by atoms with van der Waals surface area (Å²) in [6, 6.07) is 11.2. The third-order valence-electron chi connectivity index (χ3n) is 7.86. The van der Waals surface area contributed by atoms with Crippen LogP contribution in [-0.4, -0.2) is 34.7 Å². The summed E-state index contributed by atoms with van der Waals surface area (Å²) in [5.41, 5.74) is 8.57. The van der Waals surface area contributed by atoms with E-state index in [4.69, 9.17) is 4.42 Å². The van der Waals surface area contributed by atoms with Gasteiger partial charge >= 0.3 is 0 Å². The van der Waals surface area contributed by atoms with Crippen LogP contribution in [0.5, 0.6) is 0 Å². The molecule has 6 nitrogen and oxygen atoms in total. The number of furan rings is 1. The summed E-state index contributed by atoms with van der Waals surface area (Å²) in [5, 5.41) is 5.51. The Hall–Kier alpha value is -2.86. The molecule has 0 radical (unpaired) electrons. The molecule has 1 aromatic carbocycles. The van der Waals surface area contributed by atoms with Crippen LogP contribution in [0.15, 0.2) is 46.1 Å². The molecule has 6 heteroatoms. The lowest BCUT2D eigenvalue weighted by atomic mass is 9.83. The van der Waals surface area contributed by atoms with E-state index in [1.807, 2.05) is 6.07 Å².